The zero-order chi connectivity index (χ0) is 15.6. The number of nitrogen functional groups attached to an aromatic ring is 1. The van der Waals surface area contributed by atoms with Crippen molar-refractivity contribution >= 4 is 39.2 Å². The Balaban J connectivity index is 2.28. The molecule has 0 saturated heterocycles. The van der Waals surface area contributed by atoms with Crippen molar-refractivity contribution in [2.45, 2.75) is 6.92 Å². The highest BCUT2D eigenvalue weighted by Gasteiger charge is 2.11. The smallest absolute Gasteiger partial charge is 0.335 e. The highest BCUT2D eigenvalue weighted by molar-refractivity contribution is 9.10. The monoisotopic (exact) mass is 348 g/mol. The van der Waals surface area contributed by atoms with Gasteiger partial charge >= 0.3 is 5.97 Å². The number of carbonyl (C=O) groups is 2. The Morgan fingerprint density at radius 1 is 1.14 bits per heavy atom. The van der Waals surface area contributed by atoms with E-state index >= 15 is 0 Å². The molecule has 21 heavy (non-hydrogen) atoms. The van der Waals surface area contributed by atoms with Crippen LogP contribution < -0.4 is 11.1 Å². The van der Waals surface area contributed by atoms with Crippen molar-refractivity contribution < 1.29 is 14.7 Å². The van der Waals surface area contributed by atoms with E-state index in [9.17, 15) is 9.59 Å². The number of hydrogen-bond acceptors (Lipinski definition) is 3. The molecule has 5 nitrogen and oxygen atoms in total. The summed E-state index contributed by atoms with van der Waals surface area (Å²) in [4.78, 5) is 23.2. The minimum Gasteiger partial charge on any atom is -0.478 e. The lowest BCUT2D eigenvalue weighted by Crippen LogP contribution is -2.13. The highest BCUT2D eigenvalue weighted by atomic mass is 79.9. The largest absolute Gasteiger partial charge is 0.478 e. The van der Waals surface area contributed by atoms with Gasteiger partial charge in [0.2, 0.25) is 0 Å². The third kappa shape index (κ3) is 3.41. The third-order valence-corrected chi connectivity index (χ3v) is 3.68. The first-order valence-electron chi connectivity index (χ1n) is 6.09. The third-order valence-electron chi connectivity index (χ3n) is 3.00. The molecule has 2 aromatic rings. The predicted molar refractivity (Wildman–Crippen MR) is 84.6 cm³/mol. The summed E-state index contributed by atoms with van der Waals surface area (Å²) >= 11 is 3.26. The first kappa shape index (κ1) is 15.1. The molecule has 1 amide bonds. The highest BCUT2D eigenvalue weighted by Crippen LogP contribution is 2.22. The van der Waals surface area contributed by atoms with Crippen molar-refractivity contribution in [3.63, 3.8) is 0 Å². The number of aryl methyl sites for hydroxylation is 1. The number of carboxylic acid groups (broad SMARTS) is 1. The summed E-state index contributed by atoms with van der Waals surface area (Å²) in [5, 5.41) is 11.7. The van der Waals surface area contributed by atoms with E-state index in [0.717, 1.165) is 5.56 Å². The van der Waals surface area contributed by atoms with Gasteiger partial charge < -0.3 is 16.2 Å². The summed E-state index contributed by atoms with van der Waals surface area (Å²) in [5.74, 6) is -1.37. The van der Waals surface area contributed by atoms with Crippen LogP contribution in [-0.2, 0) is 0 Å². The summed E-state index contributed by atoms with van der Waals surface area (Å²) in [5.41, 5.74) is 8.01. The van der Waals surface area contributed by atoms with Gasteiger partial charge in [0, 0.05) is 21.4 Å². The van der Waals surface area contributed by atoms with Gasteiger partial charge in [0.15, 0.2) is 0 Å². The second-order valence-corrected chi connectivity index (χ2v) is 5.38. The molecule has 0 aliphatic rings. The Bertz CT molecular complexity index is 729. The number of aromatic carboxylic acids is 1. The number of halogens is 1. The van der Waals surface area contributed by atoms with Crippen LogP contribution in [0.4, 0.5) is 11.4 Å². The zero-order valence-electron chi connectivity index (χ0n) is 11.2. The van der Waals surface area contributed by atoms with Gasteiger partial charge in [-0.05, 0) is 58.7 Å². The fourth-order valence-corrected chi connectivity index (χ4v) is 2.13. The molecule has 0 radical (unpaired) electrons. The fraction of sp³-hybridized carbons (Fsp3) is 0.0667. The van der Waals surface area contributed by atoms with Gasteiger partial charge in [0.1, 0.15) is 0 Å². The minimum atomic E-state index is -1.04. The van der Waals surface area contributed by atoms with E-state index in [1.54, 1.807) is 31.2 Å². The summed E-state index contributed by atoms with van der Waals surface area (Å²) < 4.78 is 0.631. The van der Waals surface area contributed by atoms with Crippen LogP contribution in [0.15, 0.2) is 40.9 Å². The van der Waals surface area contributed by atoms with E-state index in [1.807, 2.05) is 0 Å². The molecule has 0 saturated carbocycles. The first-order valence-corrected chi connectivity index (χ1v) is 6.88. The predicted octanol–water partition coefficient (Wildman–Crippen LogP) is 3.29. The molecule has 0 heterocycles. The Morgan fingerprint density at radius 3 is 2.43 bits per heavy atom. The maximum atomic E-state index is 12.2. The van der Waals surface area contributed by atoms with Crippen LogP contribution in [0.1, 0.15) is 26.3 Å². The molecule has 6 heteroatoms. The number of nitrogens with one attached hydrogen (secondary N) is 1. The van der Waals surface area contributed by atoms with Gasteiger partial charge in [-0.25, -0.2) is 4.79 Å². The lowest BCUT2D eigenvalue weighted by Gasteiger charge is -2.10. The van der Waals surface area contributed by atoms with Crippen LogP contribution in [0.5, 0.6) is 0 Å². The number of carbonyl (C=O) groups excluding carboxylic acids is 1. The molecule has 0 aliphatic carbocycles. The minimum absolute atomic E-state index is 0.120. The first-order chi connectivity index (χ1) is 9.88. The average Bonchev–Trinajstić information content (AvgIpc) is 2.43. The van der Waals surface area contributed by atoms with Crippen LogP contribution in [0.2, 0.25) is 0 Å². The van der Waals surface area contributed by atoms with Gasteiger partial charge in [0.05, 0.1) is 5.56 Å². The average molecular weight is 349 g/mol. The van der Waals surface area contributed by atoms with Crippen LogP contribution >= 0.6 is 15.9 Å². The van der Waals surface area contributed by atoms with E-state index in [2.05, 4.69) is 21.2 Å². The summed E-state index contributed by atoms with van der Waals surface area (Å²) in [6.45, 7) is 1.79. The number of benzene rings is 2. The van der Waals surface area contributed by atoms with E-state index in [4.69, 9.17) is 10.8 Å². The van der Waals surface area contributed by atoms with E-state index in [0.29, 0.717) is 21.4 Å². The van der Waals surface area contributed by atoms with E-state index in [-0.39, 0.29) is 11.5 Å². The van der Waals surface area contributed by atoms with Crippen molar-refractivity contribution in [1.29, 1.82) is 0 Å². The van der Waals surface area contributed by atoms with E-state index < -0.39 is 5.97 Å². The zero-order valence-corrected chi connectivity index (χ0v) is 12.8. The fourth-order valence-electron chi connectivity index (χ4n) is 1.75. The molecule has 2 rings (SSSR count). The summed E-state index contributed by atoms with van der Waals surface area (Å²) in [6.07, 6.45) is 0. The second kappa shape index (κ2) is 5.97. The standard InChI is InChI=1S/C15H13BrN2O3/c1-8-2-3-10(15(20)21)7-13(8)18-14(19)9-4-5-12(17)11(16)6-9/h2-7H,17H2,1H3,(H,18,19)(H,20,21). The molecule has 0 aliphatic heterocycles. The molecule has 0 atom stereocenters. The molecular weight excluding hydrogens is 336 g/mol. The van der Waals surface area contributed by atoms with Crippen molar-refractivity contribution in [3.8, 4) is 0 Å². The van der Waals surface area contributed by atoms with E-state index in [1.165, 1.54) is 12.1 Å². The molecule has 0 spiro atoms. The maximum Gasteiger partial charge on any atom is 0.335 e. The topological polar surface area (TPSA) is 92.4 Å². The van der Waals surface area contributed by atoms with Crippen molar-refractivity contribution in [3.05, 3.63) is 57.6 Å². The molecule has 0 aromatic heterocycles. The number of carboxylic acids is 1. The molecule has 0 bridgehead atoms. The Labute approximate surface area is 129 Å². The van der Waals surface area contributed by atoms with Crippen LogP contribution in [0.3, 0.4) is 0 Å². The second-order valence-electron chi connectivity index (χ2n) is 4.53. The molecular formula is C15H13BrN2O3. The van der Waals surface area contributed by atoms with Crippen LogP contribution in [0.25, 0.3) is 0 Å². The lowest BCUT2D eigenvalue weighted by molar-refractivity contribution is 0.0696. The molecule has 2 aromatic carbocycles. The van der Waals surface area contributed by atoms with Crippen LogP contribution in [0, 0.1) is 6.92 Å². The number of nitrogens with two attached hydrogens (primary N) is 1. The summed E-state index contributed by atoms with van der Waals surface area (Å²) in [6, 6.07) is 9.42. The van der Waals surface area contributed by atoms with Gasteiger partial charge in [-0.3, -0.25) is 4.79 Å². The maximum absolute atomic E-state index is 12.2. The Kier molecular flexibility index (Phi) is 4.28. The quantitative estimate of drug-likeness (QED) is 0.742. The number of rotatable bonds is 3. The van der Waals surface area contributed by atoms with Gasteiger partial charge in [-0.15, -0.1) is 0 Å². The van der Waals surface area contributed by atoms with Crippen LogP contribution in [-0.4, -0.2) is 17.0 Å². The lowest BCUT2D eigenvalue weighted by atomic mass is 10.1. The number of amides is 1. The van der Waals surface area contributed by atoms with Crippen molar-refractivity contribution in [2.24, 2.45) is 0 Å². The summed E-state index contributed by atoms with van der Waals surface area (Å²) in [7, 11) is 0. The SMILES string of the molecule is Cc1ccc(C(=O)O)cc1NC(=O)c1ccc(N)c(Br)c1. The van der Waals surface area contributed by atoms with Gasteiger partial charge in [0.25, 0.3) is 5.91 Å². The normalized spacial score (nSPS) is 10.2. The van der Waals surface area contributed by atoms with Crippen molar-refractivity contribution in [2.75, 3.05) is 11.1 Å². The van der Waals surface area contributed by atoms with Gasteiger partial charge in [-0.1, -0.05) is 6.07 Å². The number of hydrogen-bond donors (Lipinski definition) is 3. The Hall–Kier alpha value is -2.34. The Morgan fingerprint density at radius 2 is 1.81 bits per heavy atom. The molecule has 108 valence electrons. The molecule has 0 fully saturated rings. The van der Waals surface area contributed by atoms with Crippen molar-refractivity contribution in [1.82, 2.24) is 0 Å². The number of anilines is 2. The molecule has 0 unspecified atom stereocenters. The van der Waals surface area contributed by atoms with Gasteiger partial charge in [-0.2, -0.15) is 0 Å². The molecule has 4 N–H and O–H groups in total.